The Balaban J connectivity index is 2.43. The fourth-order valence-corrected chi connectivity index (χ4v) is 1.65. The summed E-state index contributed by atoms with van der Waals surface area (Å²) < 4.78 is 43.9. The molecule has 2 rings (SSSR count). The zero-order valence-electron chi connectivity index (χ0n) is 8.69. The molecule has 0 aliphatic heterocycles. The van der Waals surface area contributed by atoms with Crippen molar-refractivity contribution < 1.29 is 23.0 Å². The normalized spacial score (nSPS) is 17.3. The lowest BCUT2D eigenvalue weighted by molar-refractivity contribution is 0.149. The number of halogens is 3. The number of ether oxygens (including phenoxy) is 1. The minimum atomic E-state index is -1.55. The van der Waals surface area contributed by atoms with Crippen LogP contribution in [-0.4, -0.2) is 17.8 Å². The molecule has 0 unspecified atom stereocenters. The molecule has 0 saturated heterocycles. The predicted molar refractivity (Wildman–Crippen MR) is 50.8 cm³/mol. The smallest absolute Gasteiger partial charge is 0.203 e. The van der Waals surface area contributed by atoms with Gasteiger partial charge in [-0.2, -0.15) is 4.39 Å². The minimum Gasteiger partial charge on any atom is -0.493 e. The molecule has 0 amide bonds. The van der Waals surface area contributed by atoms with Crippen molar-refractivity contribution in [2.45, 2.75) is 24.9 Å². The van der Waals surface area contributed by atoms with Crippen molar-refractivity contribution in [3.63, 3.8) is 0 Å². The monoisotopic (exact) mass is 232 g/mol. The molecule has 1 N–H and O–H groups in total. The number of aliphatic hydroxyl groups is 1. The van der Waals surface area contributed by atoms with Crippen LogP contribution in [0.3, 0.4) is 0 Å². The van der Waals surface area contributed by atoms with Gasteiger partial charge in [-0.15, -0.1) is 0 Å². The van der Waals surface area contributed by atoms with Gasteiger partial charge < -0.3 is 9.84 Å². The molecule has 1 saturated carbocycles. The maximum absolute atomic E-state index is 13.3. The lowest BCUT2D eigenvalue weighted by Crippen LogP contribution is -2.13. The number of benzene rings is 1. The average molecular weight is 232 g/mol. The summed E-state index contributed by atoms with van der Waals surface area (Å²) in [5.74, 6) is -4.50. The Hall–Kier alpha value is -1.23. The van der Waals surface area contributed by atoms with E-state index < -0.39 is 23.1 Å². The number of hydrogen-bond donors (Lipinski definition) is 1. The molecule has 1 fully saturated rings. The van der Waals surface area contributed by atoms with E-state index in [1.165, 1.54) is 7.11 Å². The highest BCUT2D eigenvalue weighted by molar-refractivity contribution is 5.38. The van der Waals surface area contributed by atoms with Crippen LogP contribution in [0.2, 0.25) is 0 Å². The highest BCUT2D eigenvalue weighted by atomic mass is 19.2. The molecule has 16 heavy (non-hydrogen) atoms. The topological polar surface area (TPSA) is 29.5 Å². The molecular formula is C11H11F3O2. The zero-order valence-corrected chi connectivity index (χ0v) is 8.69. The van der Waals surface area contributed by atoms with Gasteiger partial charge in [-0.3, -0.25) is 0 Å². The Kier molecular flexibility index (Phi) is 2.58. The molecule has 0 atom stereocenters. The van der Waals surface area contributed by atoms with Crippen molar-refractivity contribution >= 4 is 0 Å². The summed E-state index contributed by atoms with van der Waals surface area (Å²) in [6.45, 7) is 0. The molecule has 1 aliphatic rings. The average Bonchev–Trinajstić information content (AvgIpc) is 2.93. The number of hydrogen-bond acceptors (Lipinski definition) is 2. The quantitative estimate of drug-likeness (QED) is 0.809. The van der Waals surface area contributed by atoms with E-state index in [0.717, 1.165) is 6.07 Å². The summed E-state index contributed by atoms with van der Waals surface area (Å²) in [5, 5.41) is 9.66. The van der Waals surface area contributed by atoms with Gasteiger partial charge in [-0.25, -0.2) is 8.78 Å². The van der Waals surface area contributed by atoms with Crippen molar-refractivity contribution in [1.29, 1.82) is 0 Å². The Labute approximate surface area is 90.7 Å². The van der Waals surface area contributed by atoms with Crippen LogP contribution in [-0.2, 0) is 6.42 Å². The summed E-state index contributed by atoms with van der Waals surface area (Å²) >= 11 is 0. The standard InChI is InChI=1S/C11H11F3O2/c1-16-10-6(5-11(15)2-3-11)4-7(12)8(13)9(10)14/h4,15H,2-3,5H2,1H3. The van der Waals surface area contributed by atoms with E-state index in [2.05, 4.69) is 0 Å². The van der Waals surface area contributed by atoms with Crippen molar-refractivity contribution in [1.82, 2.24) is 0 Å². The SMILES string of the molecule is COc1c(CC2(O)CC2)cc(F)c(F)c1F. The van der Waals surface area contributed by atoms with Crippen molar-refractivity contribution in [3.8, 4) is 5.75 Å². The fraction of sp³-hybridized carbons (Fsp3) is 0.455. The van der Waals surface area contributed by atoms with E-state index in [1.54, 1.807) is 0 Å². The summed E-state index contributed by atoms with van der Waals surface area (Å²) in [5.41, 5.74) is -0.761. The van der Waals surface area contributed by atoms with Gasteiger partial charge in [0, 0.05) is 12.0 Å². The van der Waals surface area contributed by atoms with E-state index in [4.69, 9.17) is 4.74 Å². The van der Waals surface area contributed by atoms with Gasteiger partial charge >= 0.3 is 0 Å². The van der Waals surface area contributed by atoms with Crippen molar-refractivity contribution in [2.75, 3.05) is 7.11 Å². The van der Waals surface area contributed by atoms with Crippen LogP contribution in [0.25, 0.3) is 0 Å². The molecule has 1 aliphatic carbocycles. The van der Waals surface area contributed by atoms with Crippen LogP contribution in [0, 0.1) is 17.5 Å². The zero-order chi connectivity index (χ0) is 11.9. The van der Waals surface area contributed by atoms with E-state index >= 15 is 0 Å². The van der Waals surface area contributed by atoms with Crippen molar-refractivity contribution in [2.24, 2.45) is 0 Å². The maximum atomic E-state index is 13.3. The lowest BCUT2D eigenvalue weighted by atomic mass is 10.0. The number of methoxy groups -OCH3 is 1. The molecule has 2 nitrogen and oxygen atoms in total. The van der Waals surface area contributed by atoms with Gasteiger partial charge in [0.2, 0.25) is 5.82 Å². The first kappa shape index (κ1) is 11.3. The largest absolute Gasteiger partial charge is 0.493 e. The molecule has 5 heteroatoms. The summed E-state index contributed by atoms with van der Waals surface area (Å²) in [6, 6.07) is 0.869. The second-order valence-corrected chi connectivity index (χ2v) is 4.08. The van der Waals surface area contributed by atoms with Crippen LogP contribution in [0.4, 0.5) is 13.2 Å². The molecule has 0 spiro atoms. The molecule has 0 bridgehead atoms. The molecular weight excluding hydrogens is 221 g/mol. The molecule has 0 radical (unpaired) electrons. The third-order valence-electron chi connectivity index (χ3n) is 2.75. The summed E-state index contributed by atoms with van der Waals surface area (Å²) in [4.78, 5) is 0. The molecule has 1 aromatic rings. The van der Waals surface area contributed by atoms with E-state index in [1.807, 2.05) is 0 Å². The summed E-state index contributed by atoms with van der Waals surface area (Å²) in [6.07, 6.45) is 1.23. The Morgan fingerprint density at radius 1 is 1.31 bits per heavy atom. The predicted octanol–water partition coefficient (Wildman–Crippen LogP) is 2.18. The highest BCUT2D eigenvalue weighted by Gasteiger charge is 2.41. The first-order valence-electron chi connectivity index (χ1n) is 4.89. The van der Waals surface area contributed by atoms with Crippen LogP contribution < -0.4 is 4.74 Å². The summed E-state index contributed by atoms with van der Waals surface area (Å²) in [7, 11) is 1.18. The van der Waals surface area contributed by atoms with Crippen LogP contribution in [0.15, 0.2) is 6.07 Å². The van der Waals surface area contributed by atoms with Gasteiger partial charge in [0.1, 0.15) is 0 Å². The van der Waals surface area contributed by atoms with Gasteiger partial charge in [0.15, 0.2) is 17.4 Å². The van der Waals surface area contributed by atoms with Crippen LogP contribution in [0.5, 0.6) is 5.75 Å². The highest BCUT2D eigenvalue weighted by Crippen LogP contribution is 2.41. The Morgan fingerprint density at radius 3 is 2.44 bits per heavy atom. The van der Waals surface area contributed by atoms with Crippen LogP contribution >= 0.6 is 0 Å². The fourth-order valence-electron chi connectivity index (χ4n) is 1.65. The minimum absolute atomic E-state index is 0.0737. The van der Waals surface area contributed by atoms with Gasteiger partial charge in [0.25, 0.3) is 0 Å². The first-order valence-corrected chi connectivity index (χ1v) is 4.89. The third kappa shape index (κ3) is 1.87. The third-order valence-corrected chi connectivity index (χ3v) is 2.75. The Morgan fingerprint density at radius 2 is 1.94 bits per heavy atom. The van der Waals surface area contributed by atoms with E-state index in [9.17, 15) is 18.3 Å². The molecule has 1 aromatic carbocycles. The van der Waals surface area contributed by atoms with Crippen LogP contribution in [0.1, 0.15) is 18.4 Å². The maximum Gasteiger partial charge on any atom is 0.203 e. The second-order valence-electron chi connectivity index (χ2n) is 4.08. The lowest BCUT2D eigenvalue weighted by Gasteiger charge is -2.13. The number of rotatable bonds is 3. The Bertz CT molecular complexity index is 428. The molecule has 0 heterocycles. The first-order chi connectivity index (χ1) is 7.47. The molecule has 88 valence electrons. The van der Waals surface area contributed by atoms with Gasteiger partial charge in [0.05, 0.1) is 12.7 Å². The van der Waals surface area contributed by atoms with Gasteiger partial charge in [-0.1, -0.05) is 0 Å². The molecule has 0 aromatic heterocycles. The van der Waals surface area contributed by atoms with Gasteiger partial charge in [-0.05, 0) is 18.9 Å². The second kappa shape index (κ2) is 3.66. The van der Waals surface area contributed by atoms with Crippen molar-refractivity contribution in [3.05, 3.63) is 29.1 Å². The van der Waals surface area contributed by atoms with E-state index in [-0.39, 0.29) is 17.7 Å². The van der Waals surface area contributed by atoms with E-state index in [0.29, 0.717) is 12.8 Å².